The zero-order valence-corrected chi connectivity index (χ0v) is 14.7. The highest BCUT2D eigenvalue weighted by Gasteiger charge is 2.20. The third kappa shape index (κ3) is 5.09. The summed E-state index contributed by atoms with van der Waals surface area (Å²) in [5, 5.41) is 3.60. The molecule has 7 heteroatoms. The zero-order valence-electron chi connectivity index (χ0n) is 13.1. The van der Waals surface area contributed by atoms with Crippen LogP contribution in [0, 0.1) is 0 Å². The van der Waals surface area contributed by atoms with Crippen LogP contribution in [-0.2, 0) is 9.59 Å². The number of carbonyl (C=O) groups is 2. The van der Waals surface area contributed by atoms with Crippen LogP contribution in [0.5, 0.6) is 0 Å². The van der Waals surface area contributed by atoms with E-state index < -0.39 is 0 Å². The fraction of sp³-hybridized carbons (Fsp3) is 0.500. The molecule has 1 aliphatic rings. The fourth-order valence-electron chi connectivity index (χ4n) is 2.60. The minimum Gasteiger partial charge on any atom is -0.341 e. The van der Waals surface area contributed by atoms with E-state index >= 15 is 0 Å². The van der Waals surface area contributed by atoms with E-state index in [-0.39, 0.29) is 18.4 Å². The van der Waals surface area contributed by atoms with E-state index in [2.05, 4.69) is 5.32 Å². The molecule has 2 rings (SSSR count). The number of nitrogens with zero attached hydrogens (tertiary/aromatic N) is 2. The average molecular weight is 358 g/mol. The van der Waals surface area contributed by atoms with Crippen molar-refractivity contribution in [3.8, 4) is 0 Å². The fourth-order valence-corrected chi connectivity index (χ4v) is 3.09. The summed E-state index contributed by atoms with van der Waals surface area (Å²) >= 11 is 12.1. The van der Waals surface area contributed by atoms with Crippen molar-refractivity contribution in [2.24, 2.45) is 0 Å². The molecule has 1 aliphatic heterocycles. The summed E-state index contributed by atoms with van der Waals surface area (Å²) < 4.78 is 0. The Balaban J connectivity index is 1.89. The number of nitrogens with one attached hydrogen (secondary N) is 1. The van der Waals surface area contributed by atoms with Gasteiger partial charge in [-0.15, -0.1) is 0 Å². The number of para-hydroxylation sites is 1. The minimum absolute atomic E-state index is 0.157. The number of hydrogen-bond donors (Lipinski definition) is 1. The number of rotatable bonds is 4. The van der Waals surface area contributed by atoms with Gasteiger partial charge in [-0.3, -0.25) is 14.5 Å². The summed E-state index contributed by atoms with van der Waals surface area (Å²) in [7, 11) is 0. The Morgan fingerprint density at radius 2 is 1.83 bits per heavy atom. The van der Waals surface area contributed by atoms with Crippen molar-refractivity contribution < 1.29 is 9.59 Å². The molecule has 1 saturated heterocycles. The van der Waals surface area contributed by atoms with E-state index in [1.54, 1.807) is 18.2 Å². The lowest BCUT2D eigenvalue weighted by Crippen LogP contribution is -2.37. The SMILES string of the molecule is CCC(=O)N1CCCN(CC(=O)Nc2c(Cl)cccc2Cl)CC1. The first-order valence-corrected chi connectivity index (χ1v) is 8.51. The lowest BCUT2D eigenvalue weighted by atomic mass is 10.3. The lowest BCUT2D eigenvalue weighted by Gasteiger charge is -2.21. The molecule has 1 fully saturated rings. The van der Waals surface area contributed by atoms with Crippen molar-refractivity contribution in [2.75, 3.05) is 38.0 Å². The van der Waals surface area contributed by atoms with Gasteiger partial charge in [-0.2, -0.15) is 0 Å². The van der Waals surface area contributed by atoms with Gasteiger partial charge in [0.1, 0.15) is 0 Å². The quantitative estimate of drug-likeness (QED) is 0.901. The number of anilines is 1. The summed E-state index contributed by atoms with van der Waals surface area (Å²) in [6.45, 7) is 5.02. The Bertz CT molecular complexity index is 560. The Morgan fingerprint density at radius 1 is 1.13 bits per heavy atom. The topological polar surface area (TPSA) is 52.7 Å². The van der Waals surface area contributed by atoms with Crippen molar-refractivity contribution in [2.45, 2.75) is 19.8 Å². The smallest absolute Gasteiger partial charge is 0.238 e. The Labute approximate surface area is 146 Å². The van der Waals surface area contributed by atoms with Crippen molar-refractivity contribution in [1.82, 2.24) is 9.80 Å². The van der Waals surface area contributed by atoms with E-state index in [9.17, 15) is 9.59 Å². The van der Waals surface area contributed by atoms with Gasteiger partial charge in [-0.25, -0.2) is 0 Å². The molecule has 0 atom stereocenters. The molecule has 126 valence electrons. The maximum Gasteiger partial charge on any atom is 0.238 e. The first kappa shape index (κ1) is 18.0. The van der Waals surface area contributed by atoms with Crippen LogP contribution in [0.25, 0.3) is 0 Å². The molecule has 0 saturated carbocycles. The van der Waals surface area contributed by atoms with E-state index in [1.165, 1.54) is 0 Å². The van der Waals surface area contributed by atoms with E-state index in [0.717, 1.165) is 19.5 Å². The summed E-state index contributed by atoms with van der Waals surface area (Å²) in [4.78, 5) is 27.9. The number of amides is 2. The largest absolute Gasteiger partial charge is 0.341 e. The van der Waals surface area contributed by atoms with Crippen LogP contribution >= 0.6 is 23.2 Å². The summed E-state index contributed by atoms with van der Waals surface area (Å²) in [6.07, 6.45) is 1.39. The molecule has 0 bridgehead atoms. The Morgan fingerprint density at radius 3 is 2.48 bits per heavy atom. The van der Waals surface area contributed by atoms with Gasteiger partial charge in [0, 0.05) is 32.6 Å². The van der Waals surface area contributed by atoms with Crippen LogP contribution in [0.1, 0.15) is 19.8 Å². The van der Waals surface area contributed by atoms with Crippen molar-refractivity contribution in [3.63, 3.8) is 0 Å². The van der Waals surface area contributed by atoms with Crippen molar-refractivity contribution in [3.05, 3.63) is 28.2 Å². The second kappa shape index (κ2) is 8.52. The monoisotopic (exact) mass is 357 g/mol. The van der Waals surface area contributed by atoms with Gasteiger partial charge in [0.15, 0.2) is 0 Å². The third-order valence-corrected chi connectivity index (χ3v) is 4.47. The highest BCUT2D eigenvalue weighted by molar-refractivity contribution is 6.39. The number of hydrogen-bond acceptors (Lipinski definition) is 3. The molecule has 1 N–H and O–H groups in total. The van der Waals surface area contributed by atoms with Gasteiger partial charge >= 0.3 is 0 Å². The number of halogens is 2. The van der Waals surface area contributed by atoms with Gasteiger partial charge in [-0.1, -0.05) is 36.2 Å². The Kier molecular flexibility index (Phi) is 6.69. The van der Waals surface area contributed by atoms with Crippen LogP contribution in [0.2, 0.25) is 10.0 Å². The summed E-state index contributed by atoms with van der Waals surface area (Å²) in [6, 6.07) is 5.10. The molecule has 5 nitrogen and oxygen atoms in total. The van der Waals surface area contributed by atoms with Crippen LogP contribution in [-0.4, -0.2) is 54.3 Å². The van der Waals surface area contributed by atoms with Gasteiger partial charge < -0.3 is 10.2 Å². The van der Waals surface area contributed by atoms with Gasteiger partial charge in [0.2, 0.25) is 11.8 Å². The predicted octanol–water partition coefficient (Wildman–Crippen LogP) is 2.88. The molecule has 0 radical (unpaired) electrons. The zero-order chi connectivity index (χ0) is 16.8. The molecule has 1 aromatic rings. The molecule has 2 amide bonds. The molecule has 0 spiro atoms. The molecule has 0 aliphatic carbocycles. The maximum absolute atomic E-state index is 12.2. The van der Waals surface area contributed by atoms with E-state index in [0.29, 0.717) is 35.2 Å². The predicted molar refractivity (Wildman–Crippen MR) is 93.0 cm³/mol. The van der Waals surface area contributed by atoms with Crippen LogP contribution < -0.4 is 5.32 Å². The van der Waals surface area contributed by atoms with Crippen molar-refractivity contribution in [1.29, 1.82) is 0 Å². The highest BCUT2D eigenvalue weighted by atomic mass is 35.5. The minimum atomic E-state index is -0.157. The molecule has 0 unspecified atom stereocenters. The molecular formula is C16H21Cl2N3O2. The second-order valence-electron chi connectivity index (χ2n) is 5.51. The van der Waals surface area contributed by atoms with Gasteiger partial charge in [0.25, 0.3) is 0 Å². The standard InChI is InChI=1S/C16H21Cl2N3O2/c1-2-15(23)21-8-4-7-20(9-10-21)11-14(22)19-16-12(17)5-3-6-13(16)18/h3,5-6H,2,4,7-11H2,1H3,(H,19,22). The molecule has 1 aromatic carbocycles. The highest BCUT2D eigenvalue weighted by Crippen LogP contribution is 2.29. The molecular weight excluding hydrogens is 337 g/mol. The Hall–Kier alpha value is -1.30. The van der Waals surface area contributed by atoms with Gasteiger partial charge in [-0.05, 0) is 18.6 Å². The third-order valence-electron chi connectivity index (χ3n) is 3.84. The van der Waals surface area contributed by atoms with Crippen LogP contribution in [0.15, 0.2) is 18.2 Å². The van der Waals surface area contributed by atoms with Crippen molar-refractivity contribution >= 4 is 40.7 Å². The van der Waals surface area contributed by atoms with Crippen LogP contribution in [0.3, 0.4) is 0 Å². The van der Waals surface area contributed by atoms with E-state index in [1.807, 2.05) is 16.7 Å². The molecule has 1 heterocycles. The summed E-state index contributed by atoms with van der Waals surface area (Å²) in [5.74, 6) is 0.00872. The lowest BCUT2D eigenvalue weighted by molar-refractivity contribution is -0.130. The maximum atomic E-state index is 12.2. The van der Waals surface area contributed by atoms with E-state index in [4.69, 9.17) is 23.2 Å². The van der Waals surface area contributed by atoms with Crippen LogP contribution in [0.4, 0.5) is 5.69 Å². The van der Waals surface area contributed by atoms with Gasteiger partial charge in [0.05, 0.1) is 22.3 Å². The number of benzene rings is 1. The second-order valence-corrected chi connectivity index (χ2v) is 6.32. The average Bonchev–Trinajstić information content (AvgIpc) is 2.76. The molecule has 23 heavy (non-hydrogen) atoms. The molecule has 0 aromatic heterocycles. The normalized spacial score (nSPS) is 16.0. The number of carbonyl (C=O) groups excluding carboxylic acids is 2. The first-order chi connectivity index (χ1) is 11.0. The summed E-state index contributed by atoms with van der Waals surface area (Å²) in [5.41, 5.74) is 0.443. The first-order valence-electron chi connectivity index (χ1n) is 7.75.